The molecule has 0 fully saturated rings. The minimum Gasteiger partial charge on any atom is -0.493 e. The highest BCUT2D eigenvalue weighted by Crippen LogP contribution is 2.41. The summed E-state index contributed by atoms with van der Waals surface area (Å²) in [7, 11) is 4.61. The van der Waals surface area contributed by atoms with Crippen LogP contribution in [0.15, 0.2) is 65.8 Å². The Morgan fingerprint density at radius 3 is 2.26 bits per heavy atom. The second-order valence-corrected chi connectivity index (χ2v) is 8.93. The molecule has 3 aromatic carbocycles. The molecule has 1 aromatic heterocycles. The van der Waals surface area contributed by atoms with Crippen molar-refractivity contribution < 1.29 is 23.9 Å². The van der Waals surface area contributed by atoms with Crippen LogP contribution in [0.2, 0.25) is 0 Å². The molecule has 0 bridgehead atoms. The summed E-state index contributed by atoms with van der Waals surface area (Å²) in [5.74, 6) is 1.66. The van der Waals surface area contributed by atoms with Crippen molar-refractivity contribution in [1.82, 2.24) is 14.8 Å². The van der Waals surface area contributed by atoms with Gasteiger partial charge in [0.25, 0.3) is 5.69 Å². The van der Waals surface area contributed by atoms with Gasteiger partial charge in [0.2, 0.25) is 11.7 Å². The first kappa shape index (κ1) is 26.5. The first-order chi connectivity index (χ1) is 18.4. The molecule has 0 atom stereocenters. The minimum atomic E-state index is -0.476. The molecule has 1 amide bonds. The van der Waals surface area contributed by atoms with Gasteiger partial charge in [-0.3, -0.25) is 19.5 Å². The van der Waals surface area contributed by atoms with Crippen LogP contribution < -0.4 is 19.5 Å². The number of ether oxygens (including phenoxy) is 3. The van der Waals surface area contributed by atoms with Crippen LogP contribution in [-0.2, 0) is 4.79 Å². The number of nitrogens with zero attached hydrogens (tertiary/aromatic N) is 4. The van der Waals surface area contributed by atoms with E-state index in [0.29, 0.717) is 45.0 Å². The molecule has 11 nitrogen and oxygen atoms in total. The third-order valence-electron chi connectivity index (χ3n) is 5.60. The lowest BCUT2D eigenvalue weighted by molar-refractivity contribution is -0.384. The van der Waals surface area contributed by atoms with Crippen LogP contribution in [0.1, 0.15) is 5.56 Å². The molecule has 0 aliphatic rings. The Hall–Kier alpha value is -4.58. The summed E-state index contributed by atoms with van der Waals surface area (Å²) in [6, 6.07) is 17.4. The average molecular weight is 536 g/mol. The van der Waals surface area contributed by atoms with Gasteiger partial charge in [0, 0.05) is 29.1 Å². The van der Waals surface area contributed by atoms with Gasteiger partial charge in [-0.2, -0.15) is 0 Å². The van der Waals surface area contributed by atoms with Gasteiger partial charge in [-0.15, -0.1) is 10.2 Å². The zero-order valence-electron chi connectivity index (χ0n) is 21.1. The van der Waals surface area contributed by atoms with Crippen molar-refractivity contribution >= 4 is 29.0 Å². The number of benzene rings is 3. The van der Waals surface area contributed by atoms with E-state index in [1.54, 1.807) is 19.1 Å². The van der Waals surface area contributed by atoms with Crippen LogP contribution in [0.4, 0.5) is 11.4 Å². The van der Waals surface area contributed by atoms with Gasteiger partial charge in [-0.05, 0) is 42.8 Å². The molecule has 12 heteroatoms. The van der Waals surface area contributed by atoms with Crippen LogP contribution in [0, 0.1) is 17.0 Å². The molecule has 0 unspecified atom stereocenters. The first-order valence-electron chi connectivity index (χ1n) is 11.3. The summed E-state index contributed by atoms with van der Waals surface area (Å²) in [5, 5.41) is 23.1. The summed E-state index contributed by atoms with van der Waals surface area (Å²) in [4.78, 5) is 23.3. The second-order valence-electron chi connectivity index (χ2n) is 7.98. The number of thioether (sulfide) groups is 1. The Morgan fingerprint density at radius 1 is 1.00 bits per heavy atom. The maximum atomic E-state index is 12.7. The summed E-state index contributed by atoms with van der Waals surface area (Å²) < 4.78 is 18.3. The number of rotatable bonds is 10. The Labute approximate surface area is 222 Å². The Kier molecular flexibility index (Phi) is 8.12. The molecule has 0 aliphatic heterocycles. The number of methoxy groups -OCH3 is 3. The molecule has 38 heavy (non-hydrogen) atoms. The van der Waals surface area contributed by atoms with E-state index in [0.717, 1.165) is 5.69 Å². The van der Waals surface area contributed by atoms with Crippen molar-refractivity contribution in [2.45, 2.75) is 12.1 Å². The fourth-order valence-electron chi connectivity index (χ4n) is 3.79. The highest BCUT2D eigenvalue weighted by Gasteiger charge is 2.21. The van der Waals surface area contributed by atoms with E-state index in [1.807, 2.05) is 34.9 Å². The quantitative estimate of drug-likeness (QED) is 0.171. The number of aromatic nitrogens is 3. The standard InChI is InChI=1S/C26H25N5O6S/c1-16-12-19(31(33)34)10-11-20(16)27-23(32)15-38-26-29-28-25(30(26)18-8-6-5-7-9-18)17-13-21(35-2)24(37-4)22(14-17)36-3/h5-14H,15H2,1-4H3,(H,27,32). The normalized spacial score (nSPS) is 10.6. The summed E-state index contributed by atoms with van der Waals surface area (Å²) in [6.45, 7) is 1.70. The maximum absolute atomic E-state index is 12.7. The largest absolute Gasteiger partial charge is 0.493 e. The van der Waals surface area contributed by atoms with Crippen molar-refractivity contribution in [3.63, 3.8) is 0 Å². The molecular weight excluding hydrogens is 510 g/mol. The van der Waals surface area contributed by atoms with Crippen LogP contribution in [-0.4, -0.2) is 52.7 Å². The van der Waals surface area contributed by atoms with Gasteiger partial charge in [0.1, 0.15) is 0 Å². The van der Waals surface area contributed by atoms with E-state index < -0.39 is 4.92 Å². The number of carbonyl (C=O) groups excluding carboxylic acids is 1. The number of para-hydroxylation sites is 1. The fraction of sp³-hybridized carbons (Fsp3) is 0.192. The Morgan fingerprint density at radius 2 is 1.68 bits per heavy atom. The predicted octanol–water partition coefficient (Wildman–Crippen LogP) is 4.91. The van der Waals surface area contributed by atoms with Crippen molar-refractivity contribution in [1.29, 1.82) is 0 Å². The molecule has 4 rings (SSSR count). The Balaban J connectivity index is 1.64. The highest BCUT2D eigenvalue weighted by molar-refractivity contribution is 7.99. The molecule has 0 aliphatic carbocycles. The first-order valence-corrected chi connectivity index (χ1v) is 12.3. The van der Waals surface area contributed by atoms with E-state index in [2.05, 4.69) is 15.5 Å². The van der Waals surface area contributed by atoms with Gasteiger partial charge in [0.05, 0.1) is 32.0 Å². The molecule has 196 valence electrons. The van der Waals surface area contributed by atoms with Gasteiger partial charge in [-0.1, -0.05) is 30.0 Å². The molecule has 1 heterocycles. The van der Waals surface area contributed by atoms with Gasteiger partial charge < -0.3 is 19.5 Å². The maximum Gasteiger partial charge on any atom is 0.269 e. The number of nitrogens with one attached hydrogen (secondary N) is 1. The summed E-state index contributed by atoms with van der Waals surface area (Å²) >= 11 is 1.21. The van der Waals surface area contributed by atoms with Crippen LogP contribution >= 0.6 is 11.8 Å². The lowest BCUT2D eigenvalue weighted by Gasteiger charge is -2.15. The molecule has 0 saturated heterocycles. The minimum absolute atomic E-state index is 0.0369. The number of non-ortho nitro benzene ring substituents is 1. The van der Waals surface area contributed by atoms with E-state index in [4.69, 9.17) is 14.2 Å². The zero-order valence-corrected chi connectivity index (χ0v) is 21.9. The SMILES string of the molecule is COc1cc(-c2nnc(SCC(=O)Nc3ccc([N+](=O)[O-])cc3C)n2-c2ccccc2)cc(OC)c1OC. The second kappa shape index (κ2) is 11.6. The average Bonchev–Trinajstić information content (AvgIpc) is 3.36. The molecule has 1 N–H and O–H groups in total. The molecule has 0 radical (unpaired) electrons. The van der Waals surface area contributed by atoms with Gasteiger partial charge in [0.15, 0.2) is 22.5 Å². The van der Waals surface area contributed by atoms with Crippen molar-refractivity contribution in [3.8, 4) is 34.3 Å². The lowest BCUT2D eigenvalue weighted by Crippen LogP contribution is -2.15. The topological polar surface area (TPSA) is 131 Å². The van der Waals surface area contributed by atoms with Crippen LogP contribution in [0.5, 0.6) is 17.2 Å². The number of anilines is 1. The molecule has 4 aromatic rings. The number of nitro benzene ring substituents is 1. The number of hydrogen-bond acceptors (Lipinski definition) is 9. The lowest BCUT2D eigenvalue weighted by atomic mass is 10.1. The molecular formula is C26H25N5O6S. The van der Waals surface area contributed by atoms with E-state index in [9.17, 15) is 14.9 Å². The number of aryl methyl sites for hydroxylation is 1. The molecule has 0 saturated carbocycles. The smallest absolute Gasteiger partial charge is 0.269 e. The van der Waals surface area contributed by atoms with Gasteiger partial charge in [-0.25, -0.2) is 0 Å². The number of amides is 1. The van der Waals surface area contributed by atoms with Crippen LogP contribution in [0.3, 0.4) is 0 Å². The Bertz CT molecular complexity index is 1450. The monoisotopic (exact) mass is 535 g/mol. The van der Waals surface area contributed by atoms with E-state index in [1.165, 1.54) is 51.3 Å². The fourth-order valence-corrected chi connectivity index (χ4v) is 4.54. The van der Waals surface area contributed by atoms with E-state index in [-0.39, 0.29) is 17.3 Å². The number of hydrogen-bond donors (Lipinski definition) is 1. The van der Waals surface area contributed by atoms with Crippen molar-refractivity contribution in [2.75, 3.05) is 32.4 Å². The number of nitro groups is 1. The van der Waals surface area contributed by atoms with Crippen LogP contribution in [0.25, 0.3) is 17.1 Å². The highest BCUT2D eigenvalue weighted by atomic mass is 32.2. The van der Waals surface area contributed by atoms with Gasteiger partial charge >= 0.3 is 0 Å². The third-order valence-corrected chi connectivity index (χ3v) is 6.53. The van der Waals surface area contributed by atoms with Crippen molar-refractivity contribution in [2.24, 2.45) is 0 Å². The van der Waals surface area contributed by atoms with E-state index >= 15 is 0 Å². The predicted molar refractivity (Wildman–Crippen MR) is 144 cm³/mol. The zero-order chi connectivity index (χ0) is 27.2. The number of carbonyl (C=O) groups is 1. The third kappa shape index (κ3) is 5.54. The summed E-state index contributed by atoms with van der Waals surface area (Å²) in [6.07, 6.45) is 0. The summed E-state index contributed by atoms with van der Waals surface area (Å²) in [5.41, 5.74) is 2.53. The van der Waals surface area contributed by atoms with Crippen molar-refractivity contribution in [3.05, 3.63) is 76.3 Å². The molecule has 0 spiro atoms.